The second-order valence-corrected chi connectivity index (χ2v) is 5.40. The third kappa shape index (κ3) is 2.25. The Balaban J connectivity index is 1.96. The number of alkyl halides is 3. The Labute approximate surface area is 134 Å². The highest BCUT2D eigenvalue weighted by molar-refractivity contribution is 5.88. The normalized spacial score (nSPS) is 12.1. The summed E-state index contributed by atoms with van der Waals surface area (Å²) in [6, 6.07) is 11.4. The molecule has 0 bridgehead atoms. The van der Waals surface area contributed by atoms with Crippen LogP contribution in [0.4, 0.5) is 18.9 Å². The Morgan fingerprint density at radius 2 is 1.83 bits per heavy atom. The van der Waals surface area contributed by atoms with E-state index in [2.05, 4.69) is 9.97 Å². The number of nitrogen functional groups attached to an aromatic ring is 1. The van der Waals surface area contributed by atoms with Crippen LogP contribution in [0.2, 0.25) is 0 Å². The van der Waals surface area contributed by atoms with Crippen LogP contribution < -0.4 is 5.73 Å². The predicted molar refractivity (Wildman–Crippen MR) is 85.3 cm³/mol. The molecule has 3 heterocycles. The van der Waals surface area contributed by atoms with Gasteiger partial charge in [0, 0.05) is 18.1 Å². The number of nitrogens with zero attached hydrogens (tertiary/aromatic N) is 3. The van der Waals surface area contributed by atoms with E-state index in [4.69, 9.17) is 5.73 Å². The van der Waals surface area contributed by atoms with Crippen LogP contribution in [0.5, 0.6) is 0 Å². The molecule has 0 saturated carbocycles. The molecule has 0 aliphatic carbocycles. The molecule has 1 aromatic carbocycles. The molecule has 4 aromatic rings. The number of halogens is 3. The van der Waals surface area contributed by atoms with Crippen LogP contribution in [-0.4, -0.2) is 14.4 Å². The fourth-order valence-corrected chi connectivity index (χ4v) is 2.69. The zero-order chi connectivity index (χ0) is 16.9. The highest BCUT2D eigenvalue weighted by Gasteiger charge is 2.30. The molecule has 3 aromatic heterocycles. The summed E-state index contributed by atoms with van der Waals surface area (Å²) in [4.78, 5) is 8.50. The van der Waals surface area contributed by atoms with Gasteiger partial charge in [0.15, 0.2) is 0 Å². The molecule has 4 rings (SSSR count). The lowest BCUT2D eigenvalue weighted by Crippen LogP contribution is -2.05. The molecule has 4 nitrogen and oxygen atoms in total. The largest absolute Gasteiger partial charge is 0.417 e. The van der Waals surface area contributed by atoms with Gasteiger partial charge in [-0.2, -0.15) is 13.2 Å². The quantitative estimate of drug-likeness (QED) is 0.534. The van der Waals surface area contributed by atoms with Gasteiger partial charge in [-0.15, -0.1) is 0 Å². The minimum Gasteiger partial charge on any atom is -0.399 e. The van der Waals surface area contributed by atoms with Crippen molar-refractivity contribution in [1.82, 2.24) is 14.4 Å². The molecule has 0 spiro atoms. The average Bonchev–Trinajstić information content (AvgIpc) is 3.03. The molecule has 0 radical (unpaired) electrons. The van der Waals surface area contributed by atoms with Gasteiger partial charge in [-0.05, 0) is 42.5 Å². The van der Waals surface area contributed by atoms with Crippen molar-refractivity contribution < 1.29 is 13.2 Å². The third-order valence-electron chi connectivity index (χ3n) is 3.82. The predicted octanol–water partition coefficient (Wildman–Crippen LogP) is 4.15. The minimum atomic E-state index is -4.42. The molecule has 120 valence electrons. The summed E-state index contributed by atoms with van der Waals surface area (Å²) in [5.74, 6) is 0. The highest BCUT2D eigenvalue weighted by Crippen LogP contribution is 2.31. The number of anilines is 1. The number of fused-ring (bicyclic) bond motifs is 3. The topological polar surface area (TPSA) is 56.2 Å². The number of hydrogen-bond donors (Lipinski definition) is 1. The van der Waals surface area contributed by atoms with E-state index in [-0.39, 0.29) is 0 Å². The van der Waals surface area contributed by atoms with E-state index in [1.54, 1.807) is 12.1 Å². The van der Waals surface area contributed by atoms with Crippen LogP contribution in [0, 0.1) is 0 Å². The summed E-state index contributed by atoms with van der Waals surface area (Å²) in [5.41, 5.74) is 8.73. The van der Waals surface area contributed by atoms with Gasteiger partial charge in [0.2, 0.25) is 0 Å². The van der Waals surface area contributed by atoms with Crippen LogP contribution in [0.15, 0.2) is 54.9 Å². The van der Waals surface area contributed by atoms with E-state index in [0.717, 1.165) is 23.3 Å². The zero-order valence-electron chi connectivity index (χ0n) is 12.2. The molecule has 0 fully saturated rings. The first kappa shape index (κ1) is 14.5. The van der Waals surface area contributed by atoms with E-state index in [1.807, 2.05) is 28.8 Å². The second kappa shape index (κ2) is 4.95. The van der Waals surface area contributed by atoms with Crippen molar-refractivity contribution in [2.45, 2.75) is 6.18 Å². The Bertz CT molecular complexity index is 1050. The summed E-state index contributed by atoms with van der Waals surface area (Å²) in [5, 5.41) is 0. The monoisotopic (exact) mass is 328 g/mol. The van der Waals surface area contributed by atoms with E-state index < -0.39 is 11.7 Å². The maximum absolute atomic E-state index is 12.7. The van der Waals surface area contributed by atoms with Crippen LogP contribution in [0.25, 0.3) is 27.9 Å². The van der Waals surface area contributed by atoms with Crippen molar-refractivity contribution in [3.05, 3.63) is 60.4 Å². The van der Waals surface area contributed by atoms with Gasteiger partial charge in [0.05, 0.1) is 27.8 Å². The molecule has 0 aliphatic rings. The minimum absolute atomic E-state index is 0.371. The van der Waals surface area contributed by atoms with Crippen molar-refractivity contribution in [3.63, 3.8) is 0 Å². The molecular weight excluding hydrogens is 317 g/mol. The standard InChI is InChI=1S/C17H11F3N4/c18-17(19,20)10-3-5-12(22-9-10)16-15-2-1-7-24(15)14-6-4-11(21)8-13(14)23-16/h1-9H,21H2. The van der Waals surface area contributed by atoms with Gasteiger partial charge >= 0.3 is 6.18 Å². The van der Waals surface area contributed by atoms with Gasteiger partial charge < -0.3 is 10.1 Å². The van der Waals surface area contributed by atoms with Crippen molar-refractivity contribution in [2.75, 3.05) is 5.73 Å². The lowest BCUT2D eigenvalue weighted by molar-refractivity contribution is -0.137. The number of hydrogen-bond acceptors (Lipinski definition) is 3. The van der Waals surface area contributed by atoms with E-state index in [9.17, 15) is 13.2 Å². The molecule has 7 heteroatoms. The summed E-state index contributed by atoms with van der Waals surface area (Å²) >= 11 is 0. The van der Waals surface area contributed by atoms with Gasteiger partial charge in [0.25, 0.3) is 0 Å². The van der Waals surface area contributed by atoms with Crippen LogP contribution in [-0.2, 0) is 6.18 Å². The Kier molecular flexibility index (Phi) is 2.99. The van der Waals surface area contributed by atoms with Gasteiger partial charge in [0.1, 0.15) is 5.69 Å². The Morgan fingerprint density at radius 1 is 1.00 bits per heavy atom. The van der Waals surface area contributed by atoms with Gasteiger partial charge in [-0.3, -0.25) is 4.98 Å². The molecule has 0 saturated heterocycles. The molecular formula is C17H11F3N4. The smallest absolute Gasteiger partial charge is 0.399 e. The highest BCUT2D eigenvalue weighted by atomic mass is 19.4. The number of aromatic nitrogens is 3. The van der Waals surface area contributed by atoms with E-state index >= 15 is 0 Å². The van der Waals surface area contributed by atoms with Gasteiger partial charge in [-0.1, -0.05) is 0 Å². The van der Waals surface area contributed by atoms with Crippen LogP contribution >= 0.6 is 0 Å². The van der Waals surface area contributed by atoms with E-state index in [1.165, 1.54) is 6.07 Å². The average molecular weight is 328 g/mol. The Morgan fingerprint density at radius 3 is 2.54 bits per heavy atom. The number of nitrogens with two attached hydrogens (primary N) is 1. The first-order valence-electron chi connectivity index (χ1n) is 7.13. The first-order chi connectivity index (χ1) is 11.4. The van der Waals surface area contributed by atoms with Crippen molar-refractivity contribution in [2.24, 2.45) is 0 Å². The SMILES string of the molecule is Nc1ccc2c(c1)nc(-c1ccc(C(F)(F)F)cn1)c1cccn12. The van der Waals surface area contributed by atoms with Crippen LogP contribution in [0.3, 0.4) is 0 Å². The molecule has 0 amide bonds. The fraction of sp³-hybridized carbons (Fsp3) is 0.0588. The van der Waals surface area contributed by atoms with Crippen molar-refractivity contribution >= 4 is 22.2 Å². The lowest BCUT2D eigenvalue weighted by atomic mass is 10.2. The van der Waals surface area contributed by atoms with Gasteiger partial charge in [-0.25, -0.2) is 4.98 Å². The lowest BCUT2D eigenvalue weighted by Gasteiger charge is -2.10. The summed E-state index contributed by atoms with van der Waals surface area (Å²) < 4.78 is 40.0. The maximum atomic E-state index is 12.7. The maximum Gasteiger partial charge on any atom is 0.417 e. The zero-order valence-corrected chi connectivity index (χ0v) is 12.2. The first-order valence-corrected chi connectivity index (χ1v) is 7.13. The number of pyridine rings is 1. The fourth-order valence-electron chi connectivity index (χ4n) is 2.69. The molecule has 0 unspecified atom stereocenters. The summed E-state index contributed by atoms with van der Waals surface area (Å²) in [7, 11) is 0. The molecule has 24 heavy (non-hydrogen) atoms. The van der Waals surface area contributed by atoms with Crippen molar-refractivity contribution in [1.29, 1.82) is 0 Å². The number of benzene rings is 1. The molecule has 2 N–H and O–H groups in total. The second-order valence-electron chi connectivity index (χ2n) is 5.40. The van der Waals surface area contributed by atoms with Crippen LogP contribution in [0.1, 0.15) is 5.56 Å². The van der Waals surface area contributed by atoms with Crippen molar-refractivity contribution in [3.8, 4) is 11.4 Å². The summed E-state index contributed by atoms with van der Waals surface area (Å²) in [6.45, 7) is 0. The number of rotatable bonds is 1. The Hall–Kier alpha value is -3.09. The van der Waals surface area contributed by atoms with E-state index in [0.29, 0.717) is 22.6 Å². The molecule has 0 aliphatic heterocycles. The molecule has 0 atom stereocenters. The third-order valence-corrected chi connectivity index (χ3v) is 3.82. The summed E-state index contributed by atoms with van der Waals surface area (Å²) in [6.07, 6.45) is -1.73.